The normalized spacial score (nSPS) is 18.8. The van der Waals surface area contributed by atoms with Crippen LogP contribution in [0.15, 0.2) is 42.5 Å². The number of rotatable bonds is 14. The van der Waals surface area contributed by atoms with Crippen molar-refractivity contribution in [2.45, 2.75) is 64.0 Å². The van der Waals surface area contributed by atoms with Crippen molar-refractivity contribution in [1.29, 1.82) is 0 Å². The van der Waals surface area contributed by atoms with Crippen LogP contribution in [-0.4, -0.2) is 57.2 Å². The Hall–Kier alpha value is -1.79. The number of aliphatic hydroxyl groups excluding tert-OH is 1. The summed E-state index contributed by atoms with van der Waals surface area (Å²) in [5.41, 5.74) is 1.33. The molecule has 0 saturated carbocycles. The van der Waals surface area contributed by atoms with Crippen LogP contribution >= 0.6 is 11.8 Å². The fourth-order valence-corrected chi connectivity index (χ4v) is 4.59. The van der Waals surface area contributed by atoms with Gasteiger partial charge < -0.3 is 15.1 Å². The maximum Gasteiger partial charge on any atom is 0.303 e. The fraction of sp³-hybridized carbons (Fsp3) is 0.583. The van der Waals surface area contributed by atoms with Crippen molar-refractivity contribution in [2.75, 3.05) is 18.1 Å². The van der Waals surface area contributed by atoms with Gasteiger partial charge in [0.2, 0.25) is 5.91 Å². The Balaban J connectivity index is 1.70. The number of amides is 1. The van der Waals surface area contributed by atoms with Gasteiger partial charge in [0.15, 0.2) is 0 Å². The Bertz CT molecular complexity index is 679. The number of thioether (sulfide) groups is 1. The second kappa shape index (κ2) is 13.5. The lowest BCUT2D eigenvalue weighted by atomic mass is 9.95. The summed E-state index contributed by atoms with van der Waals surface area (Å²) in [4.78, 5) is 24.6. The summed E-state index contributed by atoms with van der Waals surface area (Å²) >= 11 is 1.69. The first kappa shape index (κ1) is 24.5. The largest absolute Gasteiger partial charge is 0.481 e. The summed E-state index contributed by atoms with van der Waals surface area (Å²) in [6.45, 7) is 2.75. The smallest absolute Gasteiger partial charge is 0.303 e. The van der Waals surface area contributed by atoms with Gasteiger partial charge in [-0.3, -0.25) is 9.59 Å². The Morgan fingerprint density at radius 2 is 2.03 bits per heavy atom. The van der Waals surface area contributed by atoms with Crippen LogP contribution in [0.3, 0.4) is 0 Å². The van der Waals surface area contributed by atoms with Crippen LogP contribution in [0.25, 0.3) is 0 Å². The fourth-order valence-electron chi connectivity index (χ4n) is 3.71. The molecule has 1 fully saturated rings. The molecule has 0 bridgehead atoms. The molecule has 1 aromatic rings. The summed E-state index contributed by atoms with van der Waals surface area (Å²) in [5, 5.41) is 19.2. The third-order valence-electron chi connectivity index (χ3n) is 5.61. The number of carboxylic acids is 1. The molecule has 0 aromatic heterocycles. The molecule has 1 amide bonds. The number of aryl methyl sites for hydroxylation is 1. The molecule has 6 heteroatoms. The number of likely N-dealkylation sites (tertiary alicyclic amines) is 1. The quantitative estimate of drug-likeness (QED) is 0.340. The summed E-state index contributed by atoms with van der Waals surface area (Å²) in [6, 6.07) is 10.5. The minimum Gasteiger partial charge on any atom is -0.481 e. The maximum atomic E-state index is 12.2. The van der Waals surface area contributed by atoms with Gasteiger partial charge in [0.05, 0.1) is 12.1 Å². The van der Waals surface area contributed by atoms with E-state index in [1.54, 1.807) is 11.8 Å². The van der Waals surface area contributed by atoms with Crippen molar-refractivity contribution in [2.24, 2.45) is 5.92 Å². The van der Waals surface area contributed by atoms with Crippen molar-refractivity contribution in [3.63, 3.8) is 0 Å². The van der Waals surface area contributed by atoms with Gasteiger partial charge in [0.1, 0.15) is 0 Å². The van der Waals surface area contributed by atoms with Crippen molar-refractivity contribution in [3.05, 3.63) is 48.0 Å². The summed E-state index contributed by atoms with van der Waals surface area (Å²) < 4.78 is 0. The molecular formula is C24H35NO4S. The topological polar surface area (TPSA) is 77.8 Å². The summed E-state index contributed by atoms with van der Waals surface area (Å²) in [5.74, 6) is 1.20. The van der Waals surface area contributed by atoms with E-state index in [-0.39, 0.29) is 24.3 Å². The van der Waals surface area contributed by atoms with E-state index in [1.165, 1.54) is 5.56 Å². The monoisotopic (exact) mass is 433 g/mol. The van der Waals surface area contributed by atoms with E-state index in [0.29, 0.717) is 19.4 Å². The standard InChI is InChI=1S/C24H35NO4S/c1-19(7-5-10-20-8-3-2-4-9-20)22(26)14-12-21-13-15-23(27)25(21)16-18-30-17-6-11-24(28)29/h2-4,8-9,12,14,19,21-22,26H,5-7,10-11,13,15-18H2,1H3,(H,28,29)/t19-,21-,22+/m0/s1. The molecule has 0 unspecified atom stereocenters. The van der Waals surface area contributed by atoms with E-state index >= 15 is 0 Å². The molecule has 1 aromatic carbocycles. The van der Waals surface area contributed by atoms with E-state index in [2.05, 4.69) is 31.2 Å². The minimum absolute atomic E-state index is 0.0586. The Kier molecular flexibility index (Phi) is 11.0. The second-order valence-corrected chi connectivity index (χ2v) is 9.26. The van der Waals surface area contributed by atoms with Crippen molar-refractivity contribution in [1.82, 2.24) is 4.90 Å². The molecule has 1 heterocycles. The highest BCUT2D eigenvalue weighted by atomic mass is 32.2. The van der Waals surface area contributed by atoms with Crippen LogP contribution in [0.4, 0.5) is 0 Å². The van der Waals surface area contributed by atoms with E-state index in [0.717, 1.165) is 37.2 Å². The first-order valence-corrected chi connectivity index (χ1v) is 12.1. The Labute approximate surface area is 184 Å². The van der Waals surface area contributed by atoms with Gasteiger partial charge in [-0.1, -0.05) is 49.4 Å². The Morgan fingerprint density at radius 3 is 2.77 bits per heavy atom. The Morgan fingerprint density at radius 1 is 1.27 bits per heavy atom. The first-order chi connectivity index (χ1) is 14.5. The van der Waals surface area contributed by atoms with Crippen LogP contribution in [-0.2, 0) is 16.0 Å². The molecule has 0 aliphatic carbocycles. The van der Waals surface area contributed by atoms with Crippen LogP contribution in [0.2, 0.25) is 0 Å². The zero-order chi connectivity index (χ0) is 21.8. The lowest BCUT2D eigenvalue weighted by molar-refractivity contribution is -0.137. The molecule has 0 radical (unpaired) electrons. The number of aliphatic carboxylic acids is 1. The number of nitrogens with zero attached hydrogens (tertiary/aromatic N) is 1. The number of carbonyl (C=O) groups excluding carboxylic acids is 1. The molecule has 2 N–H and O–H groups in total. The average Bonchev–Trinajstić information content (AvgIpc) is 3.08. The first-order valence-electron chi connectivity index (χ1n) is 11.0. The van der Waals surface area contributed by atoms with Crippen LogP contribution < -0.4 is 0 Å². The van der Waals surface area contributed by atoms with Crippen LogP contribution in [0.5, 0.6) is 0 Å². The van der Waals surface area contributed by atoms with Crippen molar-refractivity contribution >= 4 is 23.6 Å². The second-order valence-electron chi connectivity index (χ2n) is 8.03. The van der Waals surface area contributed by atoms with E-state index in [4.69, 9.17) is 5.11 Å². The molecular weight excluding hydrogens is 398 g/mol. The molecule has 0 spiro atoms. The highest BCUT2D eigenvalue weighted by molar-refractivity contribution is 7.99. The van der Waals surface area contributed by atoms with Gasteiger partial charge in [0, 0.05) is 25.1 Å². The third-order valence-corrected chi connectivity index (χ3v) is 6.66. The lowest BCUT2D eigenvalue weighted by Crippen LogP contribution is -2.34. The van der Waals surface area contributed by atoms with Gasteiger partial charge in [-0.15, -0.1) is 0 Å². The lowest BCUT2D eigenvalue weighted by Gasteiger charge is -2.23. The number of hydrogen-bond donors (Lipinski definition) is 2. The SMILES string of the molecule is C[C@@H](CCCc1ccccc1)[C@H](O)C=C[C@H]1CCC(=O)N1CCSCCCC(=O)O. The summed E-state index contributed by atoms with van der Waals surface area (Å²) in [6.07, 6.45) is 8.61. The van der Waals surface area contributed by atoms with Crippen molar-refractivity contribution in [3.8, 4) is 0 Å². The predicted molar refractivity (Wildman–Crippen MR) is 123 cm³/mol. The highest BCUT2D eigenvalue weighted by Gasteiger charge is 2.28. The maximum absolute atomic E-state index is 12.2. The van der Waals surface area contributed by atoms with E-state index in [9.17, 15) is 14.7 Å². The molecule has 3 atom stereocenters. The number of carboxylic acid groups (broad SMARTS) is 1. The molecule has 1 aliphatic rings. The van der Waals surface area contributed by atoms with Gasteiger partial charge in [-0.05, 0) is 49.3 Å². The highest BCUT2D eigenvalue weighted by Crippen LogP contribution is 2.22. The van der Waals surface area contributed by atoms with E-state index in [1.807, 2.05) is 23.1 Å². The van der Waals surface area contributed by atoms with Crippen LogP contribution in [0, 0.1) is 5.92 Å². The molecule has 5 nitrogen and oxygen atoms in total. The molecule has 2 rings (SSSR count). The molecule has 1 aliphatic heterocycles. The molecule has 166 valence electrons. The molecule has 30 heavy (non-hydrogen) atoms. The number of benzene rings is 1. The number of hydrogen-bond acceptors (Lipinski definition) is 4. The zero-order valence-corrected chi connectivity index (χ0v) is 18.7. The zero-order valence-electron chi connectivity index (χ0n) is 17.9. The van der Waals surface area contributed by atoms with Crippen molar-refractivity contribution < 1.29 is 19.8 Å². The van der Waals surface area contributed by atoms with Gasteiger partial charge in [0.25, 0.3) is 0 Å². The number of aliphatic hydroxyl groups is 1. The van der Waals surface area contributed by atoms with Gasteiger partial charge in [-0.2, -0.15) is 11.8 Å². The van der Waals surface area contributed by atoms with Gasteiger partial charge >= 0.3 is 5.97 Å². The summed E-state index contributed by atoms with van der Waals surface area (Å²) in [7, 11) is 0. The minimum atomic E-state index is -0.761. The average molecular weight is 434 g/mol. The number of carbonyl (C=O) groups is 2. The third kappa shape index (κ3) is 8.92. The van der Waals surface area contributed by atoms with E-state index < -0.39 is 12.1 Å². The molecule has 1 saturated heterocycles. The predicted octanol–water partition coefficient (Wildman–Crippen LogP) is 4.15. The van der Waals surface area contributed by atoms with Gasteiger partial charge in [-0.25, -0.2) is 0 Å². The van der Waals surface area contributed by atoms with Crippen LogP contribution in [0.1, 0.15) is 51.0 Å².